The van der Waals surface area contributed by atoms with E-state index in [4.69, 9.17) is 0 Å². The van der Waals surface area contributed by atoms with Crippen LogP contribution in [0.2, 0.25) is 0 Å². The molecule has 2 atom stereocenters. The first-order chi connectivity index (χ1) is 9.91. The molecule has 1 aliphatic rings. The zero-order valence-electron chi connectivity index (χ0n) is 15.3. The van der Waals surface area contributed by atoms with Crippen molar-refractivity contribution in [2.45, 2.75) is 83.9 Å². The molecule has 2 unspecified atom stereocenters. The third-order valence-electron chi connectivity index (χ3n) is 5.05. The van der Waals surface area contributed by atoms with Crippen molar-refractivity contribution < 1.29 is 5.11 Å². The first kappa shape index (κ1) is 17.5. The minimum absolute atomic E-state index is 0.00446. The van der Waals surface area contributed by atoms with Gasteiger partial charge in [0.1, 0.15) is 0 Å². The van der Waals surface area contributed by atoms with Gasteiger partial charge in [-0.3, -0.25) is 0 Å². The number of hydrogen-bond acceptors (Lipinski definition) is 2. The minimum Gasteiger partial charge on any atom is -0.393 e. The fraction of sp³-hybridized carbons (Fsp3) is 0.700. The second kappa shape index (κ2) is 5.65. The largest absolute Gasteiger partial charge is 0.393 e. The van der Waals surface area contributed by atoms with Crippen molar-refractivity contribution in [3.05, 3.63) is 35.4 Å². The Bertz CT molecular complexity index is 508. The number of nitrogens with one attached hydrogen (secondary N) is 1. The van der Waals surface area contributed by atoms with E-state index in [1.807, 2.05) is 0 Å². The maximum absolute atomic E-state index is 10.6. The molecule has 22 heavy (non-hydrogen) atoms. The van der Waals surface area contributed by atoms with Crippen molar-refractivity contribution in [2.24, 2.45) is 5.92 Å². The average Bonchev–Trinajstić information content (AvgIpc) is 2.31. The van der Waals surface area contributed by atoms with Crippen molar-refractivity contribution in [2.75, 3.05) is 0 Å². The summed E-state index contributed by atoms with van der Waals surface area (Å²) in [6.07, 6.45) is 1.47. The van der Waals surface area contributed by atoms with Crippen LogP contribution in [0.1, 0.15) is 66.0 Å². The Morgan fingerprint density at radius 1 is 1.09 bits per heavy atom. The van der Waals surface area contributed by atoms with E-state index < -0.39 is 0 Å². The van der Waals surface area contributed by atoms with Gasteiger partial charge in [0.05, 0.1) is 6.10 Å². The smallest absolute Gasteiger partial charge is 0.0606 e. The molecule has 1 aliphatic heterocycles. The molecule has 1 heterocycles. The Labute approximate surface area is 136 Å². The molecule has 1 aromatic carbocycles. The lowest BCUT2D eigenvalue weighted by Crippen LogP contribution is -2.64. The molecule has 1 saturated heterocycles. The van der Waals surface area contributed by atoms with Gasteiger partial charge in [0, 0.05) is 17.0 Å². The third kappa shape index (κ3) is 3.91. The highest BCUT2D eigenvalue weighted by Gasteiger charge is 2.44. The van der Waals surface area contributed by atoms with Gasteiger partial charge in [-0.1, -0.05) is 45.0 Å². The number of benzene rings is 1. The van der Waals surface area contributed by atoms with Crippen LogP contribution in [0.4, 0.5) is 0 Å². The summed E-state index contributed by atoms with van der Waals surface area (Å²) in [5.41, 5.74) is 2.79. The maximum atomic E-state index is 10.6. The summed E-state index contributed by atoms with van der Waals surface area (Å²) in [7, 11) is 0. The first-order valence-corrected chi connectivity index (χ1v) is 8.48. The van der Waals surface area contributed by atoms with Gasteiger partial charge in [-0.05, 0) is 57.1 Å². The Balaban J connectivity index is 2.16. The molecule has 1 aromatic rings. The standard InChI is InChI=1S/C20H33NO/c1-18(2,3)15-10-8-14(9-11-15)12-16-17(22)13-19(4,5)21-20(16,6)7/h8-11,16-17,21-22H,12-13H2,1-7H3. The molecule has 0 radical (unpaired) electrons. The molecule has 2 heteroatoms. The lowest BCUT2D eigenvalue weighted by molar-refractivity contribution is -0.0211. The molecular weight excluding hydrogens is 270 g/mol. The van der Waals surface area contributed by atoms with E-state index in [1.54, 1.807) is 0 Å². The van der Waals surface area contributed by atoms with Crippen LogP contribution in [0.15, 0.2) is 24.3 Å². The van der Waals surface area contributed by atoms with E-state index >= 15 is 0 Å². The van der Waals surface area contributed by atoms with Gasteiger partial charge in [0.15, 0.2) is 0 Å². The van der Waals surface area contributed by atoms with Crippen LogP contribution in [0.5, 0.6) is 0 Å². The summed E-state index contributed by atoms with van der Waals surface area (Å²) in [6, 6.07) is 8.91. The van der Waals surface area contributed by atoms with Crippen LogP contribution in [0.3, 0.4) is 0 Å². The SMILES string of the molecule is CC1(C)CC(O)C(Cc2ccc(C(C)(C)C)cc2)C(C)(C)N1. The van der Waals surface area contributed by atoms with Crippen molar-refractivity contribution in [1.82, 2.24) is 5.32 Å². The Kier molecular flexibility index (Phi) is 4.49. The first-order valence-electron chi connectivity index (χ1n) is 8.48. The second-order valence-electron chi connectivity index (χ2n) is 9.26. The number of aliphatic hydroxyl groups is 1. The van der Waals surface area contributed by atoms with Gasteiger partial charge in [0.25, 0.3) is 0 Å². The minimum atomic E-state index is -0.256. The van der Waals surface area contributed by atoms with E-state index in [2.05, 4.69) is 78.0 Å². The fourth-order valence-electron chi connectivity index (χ4n) is 3.95. The quantitative estimate of drug-likeness (QED) is 0.863. The highest BCUT2D eigenvalue weighted by Crippen LogP contribution is 2.36. The molecule has 0 bridgehead atoms. The molecule has 0 saturated carbocycles. The second-order valence-corrected chi connectivity index (χ2v) is 9.26. The predicted molar refractivity (Wildman–Crippen MR) is 94.3 cm³/mol. The monoisotopic (exact) mass is 303 g/mol. The van der Waals surface area contributed by atoms with Gasteiger partial charge < -0.3 is 10.4 Å². The molecule has 124 valence electrons. The molecule has 1 fully saturated rings. The maximum Gasteiger partial charge on any atom is 0.0606 e. The average molecular weight is 303 g/mol. The van der Waals surface area contributed by atoms with Crippen molar-refractivity contribution in [3.63, 3.8) is 0 Å². The summed E-state index contributed by atoms with van der Waals surface area (Å²) in [4.78, 5) is 0. The molecule has 2 N–H and O–H groups in total. The Hall–Kier alpha value is -0.860. The predicted octanol–water partition coefficient (Wildman–Crippen LogP) is 4.05. The fourth-order valence-corrected chi connectivity index (χ4v) is 3.95. The highest BCUT2D eigenvalue weighted by molar-refractivity contribution is 5.28. The van der Waals surface area contributed by atoms with Gasteiger partial charge in [-0.2, -0.15) is 0 Å². The van der Waals surface area contributed by atoms with Crippen LogP contribution >= 0.6 is 0 Å². The van der Waals surface area contributed by atoms with Gasteiger partial charge in [-0.25, -0.2) is 0 Å². The van der Waals surface area contributed by atoms with Crippen LogP contribution in [0, 0.1) is 5.92 Å². The Morgan fingerprint density at radius 2 is 1.64 bits per heavy atom. The number of piperidine rings is 1. The molecule has 0 amide bonds. The zero-order chi connectivity index (χ0) is 16.8. The topological polar surface area (TPSA) is 32.3 Å². The van der Waals surface area contributed by atoms with Crippen LogP contribution in [-0.2, 0) is 11.8 Å². The van der Waals surface area contributed by atoms with Gasteiger partial charge in [-0.15, -0.1) is 0 Å². The van der Waals surface area contributed by atoms with E-state index in [0.717, 1.165) is 12.8 Å². The zero-order valence-corrected chi connectivity index (χ0v) is 15.3. The van der Waals surface area contributed by atoms with E-state index in [9.17, 15) is 5.11 Å². The van der Waals surface area contributed by atoms with Gasteiger partial charge in [0.2, 0.25) is 0 Å². The Morgan fingerprint density at radius 3 is 2.09 bits per heavy atom. The molecule has 0 spiro atoms. The van der Waals surface area contributed by atoms with Crippen molar-refractivity contribution in [1.29, 1.82) is 0 Å². The number of rotatable bonds is 2. The van der Waals surface area contributed by atoms with Gasteiger partial charge >= 0.3 is 0 Å². The summed E-state index contributed by atoms with van der Waals surface area (Å²) in [6.45, 7) is 15.5. The lowest BCUT2D eigenvalue weighted by Gasteiger charge is -2.50. The third-order valence-corrected chi connectivity index (χ3v) is 5.05. The molecule has 0 aromatic heterocycles. The summed E-state index contributed by atoms with van der Waals surface area (Å²) in [5, 5.41) is 14.4. The summed E-state index contributed by atoms with van der Waals surface area (Å²) >= 11 is 0. The van der Waals surface area contributed by atoms with E-state index in [1.165, 1.54) is 11.1 Å². The number of aliphatic hydroxyl groups excluding tert-OH is 1. The van der Waals surface area contributed by atoms with Crippen molar-refractivity contribution >= 4 is 0 Å². The lowest BCUT2D eigenvalue weighted by atomic mass is 9.70. The highest BCUT2D eigenvalue weighted by atomic mass is 16.3. The van der Waals surface area contributed by atoms with Crippen LogP contribution in [-0.4, -0.2) is 22.3 Å². The molecular formula is C20H33NO. The summed E-state index contributed by atoms with van der Waals surface area (Å²) in [5.74, 6) is 0.237. The molecule has 0 aliphatic carbocycles. The molecule has 2 nitrogen and oxygen atoms in total. The molecule has 2 rings (SSSR count). The van der Waals surface area contributed by atoms with E-state index in [-0.39, 0.29) is 28.5 Å². The van der Waals surface area contributed by atoms with E-state index in [0.29, 0.717) is 0 Å². The summed E-state index contributed by atoms with van der Waals surface area (Å²) < 4.78 is 0. The van der Waals surface area contributed by atoms with Crippen molar-refractivity contribution in [3.8, 4) is 0 Å². The van der Waals surface area contributed by atoms with Crippen LogP contribution < -0.4 is 5.32 Å². The normalized spacial score (nSPS) is 27.6. The van der Waals surface area contributed by atoms with Crippen LogP contribution in [0.25, 0.3) is 0 Å². The number of hydrogen-bond donors (Lipinski definition) is 2.